The van der Waals surface area contributed by atoms with Gasteiger partial charge in [-0.1, -0.05) is 6.92 Å². The van der Waals surface area contributed by atoms with Gasteiger partial charge in [-0.05, 0) is 69.4 Å². The van der Waals surface area contributed by atoms with Crippen LogP contribution in [0, 0.1) is 5.82 Å². The molecule has 8 nitrogen and oxygen atoms in total. The van der Waals surface area contributed by atoms with Gasteiger partial charge in [0.15, 0.2) is 0 Å². The van der Waals surface area contributed by atoms with E-state index in [1.165, 1.54) is 0 Å². The molecule has 2 aliphatic heterocycles. The molecule has 0 bridgehead atoms. The lowest BCUT2D eigenvalue weighted by Crippen LogP contribution is -2.53. The first-order valence-electron chi connectivity index (χ1n) is 13.4. The van der Waals surface area contributed by atoms with Gasteiger partial charge in [0.25, 0.3) is 0 Å². The highest BCUT2D eigenvalue weighted by atomic mass is 19.4. The van der Waals surface area contributed by atoms with Crippen LogP contribution in [0.2, 0.25) is 0 Å². The van der Waals surface area contributed by atoms with Gasteiger partial charge in [-0.15, -0.1) is 0 Å². The van der Waals surface area contributed by atoms with Crippen LogP contribution in [0.15, 0.2) is 35.7 Å². The molecule has 0 radical (unpaired) electrons. The molecule has 0 aliphatic carbocycles. The lowest BCUT2D eigenvalue weighted by atomic mass is 9.94. The number of rotatable bonds is 6. The van der Waals surface area contributed by atoms with Gasteiger partial charge in [0.2, 0.25) is 5.95 Å². The molecule has 2 aromatic rings. The molecule has 1 fully saturated rings. The van der Waals surface area contributed by atoms with Crippen LogP contribution < -0.4 is 4.90 Å². The highest BCUT2D eigenvalue weighted by Gasteiger charge is 2.37. The fraction of sp³-hybridized carbons (Fsp3) is 0.571. The number of amides is 1. The number of likely N-dealkylation sites (N-methyl/N-ethyl adjacent to an activating group) is 1. The fourth-order valence-electron chi connectivity index (χ4n) is 5.16. The predicted molar refractivity (Wildman–Crippen MR) is 144 cm³/mol. The van der Waals surface area contributed by atoms with Gasteiger partial charge >= 0.3 is 12.3 Å². The molecule has 0 spiro atoms. The summed E-state index contributed by atoms with van der Waals surface area (Å²) >= 11 is 0. The molecule has 0 saturated carbocycles. The summed E-state index contributed by atoms with van der Waals surface area (Å²) in [5.41, 5.74) is -0.657. The third kappa shape index (κ3) is 7.19. The van der Waals surface area contributed by atoms with Crippen LogP contribution in [0.25, 0.3) is 0 Å². The maximum Gasteiger partial charge on any atom is 0.416 e. The molecule has 4 rings (SSSR count). The lowest BCUT2D eigenvalue weighted by Gasteiger charge is -2.43. The molecule has 1 amide bonds. The van der Waals surface area contributed by atoms with Crippen molar-refractivity contribution in [2.24, 2.45) is 5.10 Å². The number of hydrogen-bond acceptors (Lipinski definition) is 7. The second-order valence-electron chi connectivity index (χ2n) is 11.4. The second-order valence-corrected chi connectivity index (χ2v) is 11.4. The minimum absolute atomic E-state index is 0.0264. The van der Waals surface area contributed by atoms with Crippen molar-refractivity contribution < 1.29 is 27.1 Å². The molecular weight excluding hydrogens is 528 g/mol. The average molecular weight is 565 g/mol. The lowest BCUT2D eigenvalue weighted by molar-refractivity contribution is -0.137. The number of halogens is 4. The number of anilines is 1. The molecule has 12 heteroatoms. The monoisotopic (exact) mass is 564 g/mol. The molecule has 1 aromatic carbocycles. The minimum atomic E-state index is -4.68. The number of hydrazone groups is 1. The fourth-order valence-corrected chi connectivity index (χ4v) is 5.16. The Bertz CT molecular complexity index is 1210. The van der Waals surface area contributed by atoms with Crippen molar-refractivity contribution >= 4 is 18.3 Å². The standard InChI is InChI=1S/C28H36F4N6O2/c1-6-23-12-24(7-8-37(23)26(39)40-27(2,3)4)38(16-18-9-21(28(30,31)32)11-22(29)10-18)25-33-13-19(14-34-25)20-15-35-36(5)17-20/h9-11,13-15,20,23-24H,6-8,12,16-17H2,1-5H3/t20?,23-,24-/m1/s1. The first-order valence-corrected chi connectivity index (χ1v) is 13.4. The van der Waals surface area contributed by atoms with Crippen molar-refractivity contribution in [2.45, 2.75) is 83.3 Å². The van der Waals surface area contributed by atoms with Crippen LogP contribution in [-0.2, 0) is 17.5 Å². The van der Waals surface area contributed by atoms with Gasteiger partial charge in [-0.3, -0.25) is 5.01 Å². The Morgan fingerprint density at radius 2 is 1.85 bits per heavy atom. The van der Waals surface area contributed by atoms with Crippen LogP contribution in [0.4, 0.5) is 28.3 Å². The normalized spacial score (nSPS) is 21.6. The van der Waals surface area contributed by atoms with E-state index in [1.807, 2.05) is 50.9 Å². The molecule has 40 heavy (non-hydrogen) atoms. The molecule has 218 valence electrons. The van der Waals surface area contributed by atoms with Gasteiger partial charge in [-0.2, -0.15) is 18.3 Å². The molecule has 3 heterocycles. The number of ether oxygens (including phenoxy) is 1. The first kappa shape index (κ1) is 29.5. The number of piperidine rings is 1. The molecular formula is C28H36F4N6O2. The van der Waals surface area contributed by atoms with Crippen LogP contribution in [0.1, 0.15) is 69.6 Å². The third-order valence-electron chi connectivity index (χ3n) is 7.11. The number of benzene rings is 1. The number of aromatic nitrogens is 2. The summed E-state index contributed by atoms with van der Waals surface area (Å²) in [5, 5.41) is 6.07. The summed E-state index contributed by atoms with van der Waals surface area (Å²) in [6.45, 7) is 8.47. The Kier molecular flexibility index (Phi) is 8.55. The summed E-state index contributed by atoms with van der Waals surface area (Å²) in [6.07, 6.45) is 1.85. The topological polar surface area (TPSA) is 74.2 Å². The molecule has 1 aromatic heterocycles. The van der Waals surface area contributed by atoms with E-state index < -0.39 is 29.3 Å². The van der Waals surface area contributed by atoms with Gasteiger partial charge < -0.3 is 14.5 Å². The van der Waals surface area contributed by atoms with Crippen LogP contribution in [0.5, 0.6) is 0 Å². The molecule has 1 saturated heterocycles. The van der Waals surface area contributed by atoms with E-state index in [0.29, 0.717) is 44.4 Å². The minimum Gasteiger partial charge on any atom is -0.444 e. The smallest absolute Gasteiger partial charge is 0.416 e. The summed E-state index contributed by atoms with van der Waals surface area (Å²) in [7, 11) is 1.87. The van der Waals surface area contributed by atoms with Crippen molar-refractivity contribution in [1.29, 1.82) is 0 Å². The quantitative estimate of drug-likeness (QED) is 0.411. The van der Waals surface area contributed by atoms with E-state index >= 15 is 0 Å². The maximum absolute atomic E-state index is 14.3. The third-order valence-corrected chi connectivity index (χ3v) is 7.11. The molecule has 2 aliphatic rings. The van der Waals surface area contributed by atoms with E-state index in [9.17, 15) is 22.4 Å². The number of hydrogen-bond donors (Lipinski definition) is 0. The zero-order valence-electron chi connectivity index (χ0n) is 23.5. The predicted octanol–water partition coefficient (Wildman–Crippen LogP) is 5.83. The van der Waals surface area contributed by atoms with Crippen molar-refractivity contribution in [1.82, 2.24) is 19.9 Å². The van der Waals surface area contributed by atoms with E-state index in [1.54, 1.807) is 17.3 Å². The number of alkyl halides is 3. The molecule has 3 atom stereocenters. The van der Waals surface area contributed by atoms with Crippen molar-refractivity contribution in [3.63, 3.8) is 0 Å². The zero-order chi connectivity index (χ0) is 29.2. The van der Waals surface area contributed by atoms with E-state index in [2.05, 4.69) is 15.1 Å². The maximum atomic E-state index is 14.3. The molecule has 0 N–H and O–H groups in total. The number of carbonyl (C=O) groups excluding carboxylic acids is 1. The van der Waals surface area contributed by atoms with Crippen molar-refractivity contribution in [3.8, 4) is 0 Å². The Labute approximate surface area is 232 Å². The second kappa shape index (κ2) is 11.6. The van der Waals surface area contributed by atoms with Crippen LogP contribution >= 0.6 is 0 Å². The van der Waals surface area contributed by atoms with Crippen LogP contribution in [0.3, 0.4) is 0 Å². The number of likely N-dealkylation sites (tertiary alicyclic amines) is 1. The highest BCUT2D eigenvalue weighted by molar-refractivity contribution is 5.69. The number of carbonyl (C=O) groups is 1. The van der Waals surface area contributed by atoms with Crippen molar-refractivity contribution in [3.05, 3.63) is 53.1 Å². The summed E-state index contributed by atoms with van der Waals surface area (Å²) in [5.74, 6) is -0.598. The first-order chi connectivity index (χ1) is 18.7. The Hall–Kier alpha value is -3.44. The Morgan fingerprint density at radius 1 is 1.15 bits per heavy atom. The van der Waals surface area contributed by atoms with Crippen LogP contribution in [-0.4, -0.2) is 70.0 Å². The van der Waals surface area contributed by atoms with E-state index in [-0.39, 0.29) is 30.1 Å². The highest BCUT2D eigenvalue weighted by Crippen LogP contribution is 2.33. The zero-order valence-corrected chi connectivity index (χ0v) is 23.5. The largest absolute Gasteiger partial charge is 0.444 e. The van der Waals surface area contributed by atoms with Gasteiger partial charge in [0, 0.05) is 63.3 Å². The average Bonchev–Trinajstić information content (AvgIpc) is 3.31. The Morgan fingerprint density at radius 3 is 2.42 bits per heavy atom. The van der Waals surface area contributed by atoms with Gasteiger partial charge in [0.1, 0.15) is 11.4 Å². The SMILES string of the molecule is CC[C@@H]1C[C@H](N(Cc2cc(F)cc(C(F)(F)F)c2)c2ncc(C3C=NN(C)C3)cn2)CCN1C(=O)OC(C)(C)C. The van der Waals surface area contributed by atoms with E-state index in [0.717, 1.165) is 17.7 Å². The Balaban J connectivity index is 1.63. The van der Waals surface area contributed by atoms with E-state index in [4.69, 9.17) is 4.74 Å². The summed E-state index contributed by atoms with van der Waals surface area (Å²) in [4.78, 5) is 25.6. The van der Waals surface area contributed by atoms with Gasteiger partial charge in [-0.25, -0.2) is 19.2 Å². The summed E-state index contributed by atoms with van der Waals surface area (Å²) in [6, 6.07) is 2.20. The number of nitrogens with zero attached hydrogens (tertiary/aromatic N) is 6. The van der Waals surface area contributed by atoms with Crippen molar-refractivity contribution in [2.75, 3.05) is 25.0 Å². The van der Waals surface area contributed by atoms with Gasteiger partial charge in [0.05, 0.1) is 5.56 Å². The summed E-state index contributed by atoms with van der Waals surface area (Å²) < 4.78 is 60.2. The molecule has 1 unspecified atom stereocenters.